The largest absolute Gasteiger partial charge is 0.355 e. The fourth-order valence-electron chi connectivity index (χ4n) is 1.62. The Morgan fingerprint density at radius 1 is 1.26 bits per heavy atom. The predicted molar refractivity (Wildman–Crippen MR) is 97.3 cm³/mol. The average molecular weight is 371 g/mol. The number of anilines is 1. The van der Waals surface area contributed by atoms with Crippen LogP contribution in [0.1, 0.15) is 26.3 Å². The van der Waals surface area contributed by atoms with Gasteiger partial charge in [0.25, 0.3) is 0 Å². The molecule has 2 N–H and O–H groups in total. The first kappa shape index (κ1) is 18.0. The van der Waals surface area contributed by atoms with Gasteiger partial charge in [-0.1, -0.05) is 46.8 Å². The molecule has 0 fully saturated rings. The second-order valence-electron chi connectivity index (χ2n) is 5.94. The molecule has 23 heavy (non-hydrogen) atoms. The Morgan fingerprint density at radius 3 is 2.61 bits per heavy atom. The second kappa shape index (κ2) is 7.99. The summed E-state index contributed by atoms with van der Waals surface area (Å²) in [6, 6.07) is 7.40. The van der Waals surface area contributed by atoms with Gasteiger partial charge >= 0.3 is 0 Å². The Balaban J connectivity index is 1.75. The molecule has 5 nitrogen and oxygen atoms in total. The van der Waals surface area contributed by atoms with Crippen LogP contribution in [0.15, 0.2) is 28.6 Å². The maximum Gasteiger partial charge on any atom is 0.230 e. The van der Waals surface area contributed by atoms with Crippen molar-refractivity contribution in [2.45, 2.75) is 37.2 Å². The Labute approximate surface area is 149 Å². The van der Waals surface area contributed by atoms with Crippen LogP contribution in [0.5, 0.6) is 0 Å². The van der Waals surface area contributed by atoms with Gasteiger partial charge in [0.05, 0.1) is 5.75 Å². The molecule has 0 unspecified atom stereocenters. The SMILES string of the molecule is CC(C)(C)Nc1nnc(SCC(=O)NCc2ccc(Cl)cc2)s1. The predicted octanol–water partition coefficient (Wildman–Crippen LogP) is 3.81. The fourth-order valence-corrected chi connectivity index (χ4v) is 3.54. The van der Waals surface area contributed by atoms with E-state index in [1.807, 2.05) is 24.3 Å². The van der Waals surface area contributed by atoms with Crippen molar-refractivity contribution in [2.75, 3.05) is 11.1 Å². The zero-order chi connectivity index (χ0) is 16.9. The highest BCUT2D eigenvalue weighted by molar-refractivity contribution is 8.01. The summed E-state index contributed by atoms with van der Waals surface area (Å²) in [4.78, 5) is 11.9. The van der Waals surface area contributed by atoms with Crippen molar-refractivity contribution in [1.29, 1.82) is 0 Å². The number of hydrogen-bond donors (Lipinski definition) is 2. The number of carbonyl (C=O) groups excluding carboxylic acids is 1. The van der Waals surface area contributed by atoms with Gasteiger partial charge in [0.15, 0.2) is 4.34 Å². The molecule has 1 amide bonds. The molecule has 1 aromatic carbocycles. The van der Waals surface area contributed by atoms with E-state index >= 15 is 0 Å². The molecule has 0 radical (unpaired) electrons. The van der Waals surface area contributed by atoms with Crippen LogP contribution >= 0.6 is 34.7 Å². The van der Waals surface area contributed by atoms with Crippen molar-refractivity contribution in [3.63, 3.8) is 0 Å². The topological polar surface area (TPSA) is 66.9 Å². The highest BCUT2D eigenvalue weighted by Crippen LogP contribution is 2.27. The molecule has 2 aromatic rings. The lowest BCUT2D eigenvalue weighted by molar-refractivity contribution is -0.118. The van der Waals surface area contributed by atoms with Crippen molar-refractivity contribution in [1.82, 2.24) is 15.5 Å². The standard InChI is InChI=1S/C15H19ClN4OS2/c1-15(2,3)18-13-19-20-14(23-13)22-9-12(21)17-8-10-4-6-11(16)7-5-10/h4-7H,8-9H2,1-3H3,(H,17,21)(H,18,19). The van der Waals surface area contributed by atoms with E-state index in [0.717, 1.165) is 15.0 Å². The molecule has 0 aliphatic carbocycles. The van der Waals surface area contributed by atoms with Gasteiger partial charge in [0.1, 0.15) is 0 Å². The number of aromatic nitrogens is 2. The number of nitrogens with zero attached hydrogens (tertiary/aromatic N) is 2. The molecule has 2 rings (SSSR count). The molecule has 0 bridgehead atoms. The third-order valence-corrected chi connectivity index (χ3v) is 4.84. The van der Waals surface area contributed by atoms with Crippen LogP contribution in [-0.4, -0.2) is 27.4 Å². The van der Waals surface area contributed by atoms with E-state index in [2.05, 4.69) is 41.6 Å². The van der Waals surface area contributed by atoms with E-state index in [1.165, 1.54) is 23.1 Å². The molecule has 124 valence electrons. The molecule has 0 atom stereocenters. The summed E-state index contributed by atoms with van der Waals surface area (Å²) in [6.45, 7) is 6.67. The first-order chi connectivity index (χ1) is 10.8. The summed E-state index contributed by atoms with van der Waals surface area (Å²) in [6.07, 6.45) is 0. The van der Waals surface area contributed by atoms with Crippen molar-refractivity contribution in [3.8, 4) is 0 Å². The van der Waals surface area contributed by atoms with E-state index in [-0.39, 0.29) is 11.4 Å². The lowest BCUT2D eigenvalue weighted by atomic mass is 10.1. The van der Waals surface area contributed by atoms with Crippen LogP contribution in [0.4, 0.5) is 5.13 Å². The summed E-state index contributed by atoms with van der Waals surface area (Å²) in [5.74, 6) is 0.281. The molecule has 1 heterocycles. The Kier molecular flexibility index (Phi) is 6.26. The van der Waals surface area contributed by atoms with Gasteiger partial charge < -0.3 is 10.6 Å². The molecule has 0 aliphatic heterocycles. The number of thioether (sulfide) groups is 1. The summed E-state index contributed by atoms with van der Waals surface area (Å²) >= 11 is 8.66. The van der Waals surface area contributed by atoms with Crippen LogP contribution in [0.2, 0.25) is 5.02 Å². The molecule has 0 saturated carbocycles. The molecule has 8 heteroatoms. The number of amides is 1. The van der Waals surface area contributed by atoms with Crippen molar-refractivity contribution in [3.05, 3.63) is 34.9 Å². The highest BCUT2D eigenvalue weighted by atomic mass is 35.5. The van der Waals surface area contributed by atoms with E-state index in [4.69, 9.17) is 11.6 Å². The van der Waals surface area contributed by atoms with Crippen LogP contribution in [0.3, 0.4) is 0 Å². The van der Waals surface area contributed by atoms with Crippen molar-refractivity contribution < 1.29 is 4.79 Å². The maximum absolute atomic E-state index is 11.9. The van der Waals surface area contributed by atoms with Gasteiger partial charge in [-0.05, 0) is 38.5 Å². The number of halogens is 1. The van der Waals surface area contributed by atoms with Gasteiger partial charge in [-0.3, -0.25) is 4.79 Å². The number of hydrogen-bond acceptors (Lipinski definition) is 6. The quantitative estimate of drug-likeness (QED) is 0.757. The zero-order valence-corrected chi connectivity index (χ0v) is 15.6. The highest BCUT2D eigenvalue weighted by Gasteiger charge is 2.14. The maximum atomic E-state index is 11.9. The minimum absolute atomic E-state index is 0.0366. The molecule has 1 aromatic heterocycles. The average Bonchev–Trinajstić information content (AvgIpc) is 2.90. The van der Waals surface area contributed by atoms with Gasteiger partial charge in [0.2, 0.25) is 11.0 Å². The van der Waals surface area contributed by atoms with Gasteiger partial charge in [-0.25, -0.2) is 0 Å². The van der Waals surface area contributed by atoms with Crippen LogP contribution < -0.4 is 10.6 Å². The van der Waals surface area contributed by atoms with Gasteiger partial charge in [-0.15, -0.1) is 10.2 Å². The number of carbonyl (C=O) groups is 1. The summed E-state index contributed by atoms with van der Waals surface area (Å²) in [5.41, 5.74) is 0.956. The van der Waals surface area contributed by atoms with E-state index in [9.17, 15) is 4.79 Å². The lowest BCUT2D eigenvalue weighted by Crippen LogP contribution is -2.25. The first-order valence-electron chi connectivity index (χ1n) is 7.07. The minimum Gasteiger partial charge on any atom is -0.355 e. The third kappa shape index (κ3) is 6.76. The summed E-state index contributed by atoms with van der Waals surface area (Å²) < 4.78 is 0.776. The van der Waals surface area contributed by atoms with E-state index < -0.39 is 0 Å². The van der Waals surface area contributed by atoms with Crippen molar-refractivity contribution in [2.24, 2.45) is 0 Å². The molecular formula is C15H19ClN4OS2. The van der Waals surface area contributed by atoms with Crippen molar-refractivity contribution >= 4 is 45.7 Å². The Bertz CT molecular complexity index is 652. The number of rotatable bonds is 6. The zero-order valence-electron chi connectivity index (χ0n) is 13.2. The van der Waals surface area contributed by atoms with E-state index in [1.54, 1.807) is 0 Å². The van der Waals surface area contributed by atoms with Gasteiger partial charge in [0, 0.05) is 17.1 Å². The smallest absolute Gasteiger partial charge is 0.230 e. The fraction of sp³-hybridized carbons (Fsp3) is 0.400. The molecule has 0 saturated heterocycles. The number of nitrogens with one attached hydrogen (secondary N) is 2. The Morgan fingerprint density at radius 2 is 1.96 bits per heavy atom. The Hall–Kier alpha value is -1.31. The van der Waals surface area contributed by atoms with E-state index in [0.29, 0.717) is 17.3 Å². The monoisotopic (exact) mass is 370 g/mol. The van der Waals surface area contributed by atoms with Gasteiger partial charge in [-0.2, -0.15) is 0 Å². The number of benzene rings is 1. The lowest BCUT2D eigenvalue weighted by Gasteiger charge is -2.18. The summed E-state index contributed by atoms with van der Waals surface area (Å²) in [5, 5.41) is 15.7. The van der Waals surface area contributed by atoms with Crippen LogP contribution in [0.25, 0.3) is 0 Å². The minimum atomic E-state index is -0.0581. The summed E-state index contributed by atoms with van der Waals surface area (Å²) in [7, 11) is 0. The first-order valence-corrected chi connectivity index (χ1v) is 9.25. The molecule has 0 spiro atoms. The normalized spacial score (nSPS) is 11.3. The third-order valence-electron chi connectivity index (χ3n) is 2.62. The second-order valence-corrected chi connectivity index (χ2v) is 8.58. The van der Waals surface area contributed by atoms with Crippen LogP contribution in [0, 0.1) is 0 Å². The molecule has 0 aliphatic rings. The van der Waals surface area contributed by atoms with Crippen LogP contribution in [-0.2, 0) is 11.3 Å². The molecular weight excluding hydrogens is 352 g/mol.